The van der Waals surface area contributed by atoms with Crippen molar-refractivity contribution in [2.24, 2.45) is 0 Å². The molecule has 0 spiro atoms. The van der Waals surface area contributed by atoms with Crippen molar-refractivity contribution in [3.63, 3.8) is 0 Å². The van der Waals surface area contributed by atoms with Crippen LogP contribution in [0.15, 0.2) is 0 Å². The molecule has 0 atom stereocenters. The summed E-state index contributed by atoms with van der Waals surface area (Å²) in [5.74, 6) is 0. The van der Waals surface area contributed by atoms with Crippen molar-refractivity contribution in [1.82, 2.24) is 0 Å². The molecule has 0 aromatic carbocycles. The van der Waals surface area contributed by atoms with E-state index in [0.717, 1.165) is 3.91 Å². The first-order valence-corrected chi connectivity index (χ1v) is 19.2. The number of rotatable bonds is 2. The molecular formula is C11H30OSi4. The van der Waals surface area contributed by atoms with Crippen LogP contribution in [0, 0.1) is 0 Å². The molecule has 5 heteroatoms. The van der Waals surface area contributed by atoms with E-state index in [1.54, 1.807) is 0 Å². The van der Waals surface area contributed by atoms with Gasteiger partial charge in [-0.05, 0) is 30.1 Å². The summed E-state index contributed by atoms with van der Waals surface area (Å²) in [6, 6.07) is 0. The molecule has 0 N–H and O–H groups in total. The first-order valence-electron chi connectivity index (χ1n) is 6.41. The van der Waals surface area contributed by atoms with E-state index in [0.29, 0.717) is 0 Å². The van der Waals surface area contributed by atoms with E-state index in [1.165, 1.54) is 0 Å². The molecule has 0 bridgehead atoms. The largest absolute Gasteiger partial charge is 0.456 e. The van der Waals surface area contributed by atoms with Crippen LogP contribution < -0.4 is 0 Å². The molecule has 1 fully saturated rings. The highest BCUT2D eigenvalue weighted by atomic mass is 28.6. The van der Waals surface area contributed by atoms with Gasteiger partial charge in [0.1, 0.15) is 0 Å². The summed E-state index contributed by atoms with van der Waals surface area (Å²) in [6.07, 6.45) is 0. The van der Waals surface area contributed by atoms with Gasteiger partial charge in [-0.15, -0.1) is 0 Å². The molecule has 0 unspecified atom stereocenters. The molecule has 0 aliphatic carbocycles. The lowest BCUT2D eigenvalue weighted by Gasteiger charge is -2.74. The SMILES string of the molecule is C[Si](C)(C)C1([Si](C)(C)C)[Si](C)(C)O[Si]1(C)C. The maximum Gasteiger partial charge on any atom is 0.173 e. The van der Waals surface area contributed by atoms with Crippen LogP contribution in [0.25, 0.3) is 0 Å². The quantitative estimate of drug-likeness (QED) is 0.682. The van der Waals surface area contributed by atoms with Gasteiger partial charge >= 0.3 is 0 Å². The van der Waals surface area contributed by atoms with Crippen molar-refractivity contribution in [3.05, 3.63) is 0 Å². The van der Waals surface area contributed by atoms with Crippen molar-refractivity contribution in [2.45, 2.75) is 69.4 Å². The molecule has 0 aromatic rings. The summed E-state index contributed by atoms with van der Waals surface area (Å²) in [5, 5.41) is 0. The zero-order valence-electron chi connectivity index (χ0n) is 12.9. The van der Waals surface area contributed by atoms with Gasteiger partial charge in [0, 0.05) is 16.1 Å². The second-order valence-electron chi connectivity index (χ2n) is 8.37. The van der Waals surface area contributed by atoms with E-state index in [4.69, 9.17) is 4.12 Å². The molecule has 16 heavy (non-hydrogen) atoms. The van der Waals surface area contributed by atoms with E-state index in [-0.39, 0.29) is 0 Å². The average molecular weight is 291 g/mol. The van der Waals surface area contributed by atoms with Gasteiger partial charge in [-0.1, -0.05) is 39.3 Å². The van der Waals surface area contributed by atoms with E-state index in [2.05, 4.69) is 65.5 Å². The third-order valence-electron chi connectivity index (χ3n) is 4.57. The van der Waals surface area contributed by atoms with E-state index in [9.17, 15) is 0 Å². The third kappa shape index (κ3) is 1.55. The van der Waals surface area contributed by atoms with Gasteiger partial charge in [-0.3, -0.25) is 0 Å². The van der Waals surface area contributed by atoms with E-state index < -0.39 is 32.8 Å². The fourth-order valence-corrected chi connectivity index (χ4v) is 57.7. The fourth-order valence-electron chi connectivity index (χ4n) is 6.21. The van der Waals surface area contributed by atoms with Gasteiger partial charge in [-0.25, -0.2) is 0 Å². The average Bonchev–Trinajstić information content (AvgIpc) is 1.70. The van der Waals surface area contributed by atoms with Crippen LogP contribution >= 0.6 is 0 Å². The Bertz CT molecular complexity index is 242. The lowest BCUT2D eigenvalue weighted by Crippen LogP contribution is -2.87. The second-order valence-corrected chi connectivity index (χ2v) is 30.2. The topological polar surface area (TPSA) is 9.23 Å². The molecule has 96 valence electrons. The monoisotopic (exact) mass is 290 g/mol. The van der Waals surface area contributed by atoms with Gasteiger partial charge in [0.25, 0.3) is 0 Å². The summed E-state index contributed by atoms with van der Waals surface area (Å²) in [7, 11) is -5.24. The molecule has 1 aliphatic rings. The molecule has 0 aromatic heterocycles. The highest BCUT2D eigenvalue weighted by Crippen LogP contribution is 2.67. The van der Waals surface area contributed by atoms with Crippen molar-refractivity contribution in [2.75, 3.05) is 0 Å². The van der Waals surface area contributed by atoms with Crippen molar-refractivity contribution < 1.29 is 4.12 Å². The van der Waals surface area contributed by atoms with E-state index in [1.807, 2.05) is 0 Å². The summed E-state index contributed by atoms with van der Waals surface area (Å²) in [5.41, 5.74) is 0. The van der Waals surface area contributed by atoms with Crippen LogP contribution in [0.4, 0.5) is 0 Å². The summed E-state index contributed by atoms with van der Waals surface area (Å²) < 4.78 is 7.25. The molecular weight excluding hydrogens is 260 g/mol. The lowest BCUT2D eigenvalue weighted by molar-refractivity contribution is 0.467. The Morgan fingerprint density at radius 1 is 0.688 bits per heavy atom. The molecule has 1 aliphatic heterocycles. The normalized spacial score (nSPS) is 27.4. The van der Waals surface area contributed by atoms with Crippen molar-refractivity contribution in [3.8, 4) is 0 Å². The van der Waals surface area contributed by atoms with Crippen molar-refractivity contribution in [1.29, 1.82) is 0 Å². The predicted octanol–water partition coefficient (Wildman–Crippen LogP) is 4.46. The Labute approximate surface area is 106 Å². The molecule has 1 saturated heterocycles. The van der Waals surface area contributed by atoms with Crippen LogP contribution in [0.2, 0.25) is 69.4 Å². The van der Waals surface area contributed by atoms with Gasteiger partial charge in [0.15, 0.2) is 16.6 Å². The van der Waals surface area contributed by atoms with Crippen LogP contribution in [-0.2, 0) is 4.12 Å². The molecule has 0 saturated carbocycles. The molecule has 0 amide bonds. The summed E-state index contributed by atoms with van der Waals surface area (Å²) in [6.45, 7) is 25.5. The number of hydrogen-bond donors (Lipinski definition) is 0. The molecule has 1 nitrogen and oxygen atoms in total. The second kappa shape index (κ2) is 3.44. The predicted molar refractivity (Wildman–Crippen MR) is 85.4 cm³/mol. The highest BCUT2D eigenvalue weighted by molar-refractivity contribution is 7.33. The minimum absolute atomic E-state index is 0.722. The van der Waals surface area contributed by atoms with Gasteiger partial charge in [-0.2, -0.15) is 0 Å². The van der Waals surface area contributed by atoms with Crippen molar-refractivity contribution >= 4 is 32.8 Å². The minimum atomic E-state index is -1.45. The first-order chi connectivity index (χ1) is 6.71. The summed E-state index contributed by atoms with van der Waals surface area (Å²) in [4.78, 5) is 0. The first kappa shape index (κ1) is 14.9. The third-order valence-corrected chi connectivity index (χ3v) is 41.1. The Kier molecular flexibility index (Phi) is 3.20. The molecule has 1 heterocycles. The highest BCUT2D eigenvalue weighted by Gasteiger charge is 2.78. The van der Waals surface area contributed by atoms with Crippen LogP contribution in [0.5, 0.6) is 0 Å². The van der Waals surface area contributed by atoms with Crippen LogP contribution in [-0.4, -0.2) is 32.8 Å². The zero-order chi connectivity index (χ0) is 13.2. The maximum atomic E-state index is 6.53. The van der Waals surface area contributed by atoms with Gasteiger partial charge in [0.05, 0.1) is 0 Å². The zero-order valence-corrected chi connectivity index (χ0v) is 16.9. The van der Waals surface area contributed by atoms with E-state index >= 15 is 0 Å². The van der Waals surface area contributed by atoms with Gasteiger partial charge in [0.2, 0.25) is 0 Å². The standard InChI is InChI=1S/C11H30OSi4/c1-13(2,3)11(14(4,5)6)15(7,8)12-16(11,9)10/h1-10H3. The maximum absolute atomic E-state index is 6.53. The Balaban J connectivity index is 3.48. The Morgan fingerprint density at radius 2 is 0.938 bits per heavy atom. The minimum Gasteiger partial charge on any atom is -0.456 e. The Hall–Kier alpha value is 0.828. The molecule has 0 radical (unpaired) electrons. The summed E-state index contributed by atoms with van der Waals surface area (Å²) >= 11 is 0. The van der Waals surface area contributed by atoms with Crippen LogP contribution in [0.1, 0.15) is 0 Å². The fraction of sp³-hybridized carbons (Fsp3) is 1.00. The lowest BCUT2D eigenvalue weighted by atomic mass is 11.6. The smallest absolute Gasteiger partial charge is 0.173 e. The molecule has 1 rings (SSSR count). The Morgan fingerprint density at radius 3 is 1.00 bits per heavy atom. The van der Waals surface area contributed by atoms with Gasteiger partial charge < -0.3 is 4.12 Å². The number of hydrogen-bond acceptors (Lipinski definition) is 1. The van der Waals surface area contributed by atoms with Crippen LogP contribution in [0.3, 0.4) is 0 Å².